The summed E-state index contributed by atoms with van der Waals surface area (Å²) in [5.74, 6) is -0.790. The molecule has 0 radical (unpaired) electrons. The summed E-state index contributed by atoms with van der Waals surface area (Å²) in [6.07, 6.45) is 2.56. The smallest absolute Gasteiger partial charge is 0.341 e. The van der Waals surface area contributed by atoms with Gasteiger partial charge in [0, 0.05) is 12.3 Å². The fourth-order valence-corrected chi connectivity index (χ4v) is 2.13. The van der Waals surface area contributed by atoms with Crippen LogP contribution in [0.5, 0.6) is 5.75 Å². The predicted molar refractivity (Wildman–Crippen MR) is 87.8 cm³/mol. The fraction of sp³-hybridized carbons (Fsp3) is 0.529. The van der Waals surface area contributed by atoms with Gasteiger partial charge in [0.2, 0.25) is 0 Å². The first kappa shape index (κ1) is 19.0. The van der Waals surface area contributed by atoms with Crippen molar-refractivity contribution in [3.8, 4) is 5.75 Å². The molecule has 0 heterocycles. The molecule has 0 aliphatic heterocycles. The summed E-state index contributed by atoms with van der Waals surface area (Å²) in [5, 5.41) is 11.4. The standard InChI is InChI=1S/C17H25NO5/c1-4-6-11-17(3,23-5-2)16(21)18-13-7-9-14(10-8-13)22-12-15(19)20/h7-10H,4-6,11-12H2,1-3H3,(H,18,21)(H,19,20)/t17-/m0/s1. The molecule has 0 aromatic heterocycles. The number of aliphatic carboxylic acids is 1. The van der Waals surface area contributed by atoms with E-state index < -0.39 is 18.2 Å². The minimum Gasteiger partial charge on any atom is -0.482 e. The van der Waals surface area contributed by atoms with Gasteiger partial charge in [-0.2, -0.15) is 0 Å². The van der Waals surface area contributed by atoms with Gasteiger partial charge in [-0.15, -0.1) is 0 Å². The Bertz CT molecular complexity index is 514. The molecule has 0 aliphatic rings. The summed E-state index contributed by atoms with van der Waals surface area (Å²) in [7, 11) is 0. The van der Waals surface area contributed by atoms with E-state index in [-0.39, 0.29) is 5.91 Å². The van der Waals surface area contributed by atoms with Gasteiger partial charge in [0.15, 0.2) is 6.61 Å². The molecule has 128 valence electrons. The molecule has 1 aromatic carbocycles. The van der Waals surface area contributed by atoms with Crippen molar-refractivity contribution in [1.82, 2.24) is 0 Å². The largest absolute Gasteiger partial charge is 0.482 e. The Morgan fingerprint density at radius 1 is 1.22 bits per heavy atom. The lowest BCUT2D eigenvalue weighted by Crippen LogP contribution is -2.42. The van der Waals surface area contributed by atoms with Crippen molar-refractivity contribution in [3.63, 3.8) is 0 Å². The minimum absolute atomic E-state index is 0.188. The average molecular weight is 323 g/mol. The molecule has 0 bridgehead atoms. The zero-order chi connectivity index (χ0) is 17.3. The summed E-state index contributed by atoms with van der Waals surface area (Å²) < 4.78 is 10.7. The zero-order valence-corrected chi connectivity index (χ0v) is 13.9. The van der Waals surface area contributed by atoms with Crippen molar-refractivity contribution in [2.75, 3.05) is 18.5 Å². The van der Waals surface area contributed by atoms with Gasteiger partial charge < -0.3 is 19.9 Å². The van der Waals surface area contributed by atoms with Gasteiger partial charge in [0.05, 0.1) is 0 Å². The molecule has 0 spiro atoms. The number of carbonyl (C=O) groups is 2. The summed E-state index contributed by atoms with van der Waals surface area (Å²) in [4.78, 5) is 22.9. The second-order valence-corrected chi connectivity index (χ2v) is 5.43. The Balaban J connectivity index is 2.68. The monoisotopic (exact) mass is 323 g/mol. The molecule has 23 heavy (non-hydrogen) atoms. The molecule has 0 unspecified atom stereocenters. The highest BCUT2D eigenvalue weighted by Crippen LogP contribution is 2.22. The number of hydrogen-bond donors (Lipinski definition) is 2. The topological polar surface area (TPSA) is 84.9 Å². The first-order chi connectivity index (χ1) is 10.9. The van der Waals surface area contributed by atoms with E-state index >= 15 is 0 Å². The van der Waals surface area contributed by atoms with Gasteiger partial charge in [0.1, 0.15) is 11.4 Å². The molecular weight excluding hydrogens is 298 g/mol. The van der Waals surface area contributed by atoms with Crippen molar-refractivity contribution in [3.05, 3.63) is 24.3 Å². The van der Waals surface area contributed by atoms with E-state index in [0.717, 1.165) is 12.8 Å². The third-order valence-electron chi connectivity index (χ3n) is 3.43. The third-order valence-corrected chi connectivity index (χ3v) is 3.43. The van der Waals surface area contributed by atoms with Crippen molar-refractivity contribution in [2.45, 2.75) is 45.6 Å². The first-order valence-corrected chi connectivity index (χ1v) is 7.81. The first-order valence-electron chi connectivity index (χ1n) is 7.81. The van der Waals surface area contributed by atoms with Gasteiger partial charge in [0.25, 0.3) is 5.91 Å². The molecule has 0 aliphatic carbocycles. The van der Waals surface area contributed by atoms with E-state index in [4.69, 9.17) is 14.6 Å². The van der Waals surface area contributed by atoms with Crippen LogP contribution in [0.4, 0.5) is 5.69 Å². The SMILES string of the molecule is CCCC[C@](C)(OCC)C(=O)Nc1ccc(OCC(=O)O)cc1. The molecule has 6 heteroatoms. The Morgan fingerprint density at radius 3 is 2.39 bits per heavy atom. The predicted octanol–water partition coefficient (Wildman–Crippen LogP) is 3.07. The van der Waals surface area contributed by atoms with Gasteiger partial charge in [-0.25, -0.2) is 4.79 Å². The maximum absolute atomic E-state index is 12.5. The van der Waals surface area contributed by atoms with Crippen LogP contribution in [0, 0.1) is 0 Å². The molecule has 1 aromatic rings. The van der Waals surface area contributed by atoms with Crippen molar-refractivity contribution < 1.29 is 24.2 Å². The number of unbranched alkanes of at least 4 members (excludes halogenated alkanes) is 1. The quantitative estimate of drug-likeness (QED) is 0.691. The number of carboxylic acid groups (broad SMARTS) is 1. The van der Waals surface area contributed by atoms with Gasteiger partial charge in [-0.05, 0) is 44.5 Å². The number of hydrogen-bond acceptors (Lipinski definition) is 4. The summed E-state index contributed by atoms with van der Waals surface area (Å²) in [6, 6.07) is 6.56. The van der Waals surface area contributed by atoms with Crippen LogP contribution in [0.3, 0.4) is 0 Å². The lowest BCUT2D eigenvalue weighted by Gasteiger charge is -2.28. The fourth-order valence-electron chi connectivity index (χ4n) is 2.13. The lowest BCUT2D eigenvalue weighted by molar-refractivity contribution is -0.140. The Labute approximate surface area is 136 Å². The molecule has 1 amide bonds. The van der Waals surface area contributed by atoms with E-state index in [1.807, 2.05) is 6.92 Å². The Morgan fingerprint density at radius 2 is 1.87 bits per heavy atom. The number of rotatable bonds is 10. The van der Waals surface area contributed by atoms with Crippen LogP contribution in [-0.4, -0.2) is 35.8 Å². The normalized spacial score (nSPS) is 13.2. The Hall–Kier alpha value is -2.08. The molecule has 0 fully saturated rings. The van der Waals surface area contributed by atoms with E-state index in [1.54, 1.807) is 31.2 Å². The Kier molecular flexibility index (Phi) is 7.54. The molecule has 1 rings (SSSR count). The number of benzene rings is 1. The van der Waals surface area contributed by atoms with Crippen LogP contribution in [0.1, 0.15) is 40.0 Å². The van der Waals surface area contributed by atoms with Crippen molar-refractivity contribution >= 4 is 17.6 Å². The van der Waals surface area contributed by atoms with Crippen LogP contribution in [0.2, 0.25) is 0 Å². The molecular formula is C17H25NO5. The number of nitrogens with one attached hydrogen (secondary N) is 1. The van der Waals surface area contributed by atoms with Crippen LogP contribution >= 0.6 is 0 Å². The highest BCUT2D eigenvalue weighted by molar-refractivity contribution is 5.97. The molecule has 1 atom stereocenters. The van der Waals surface area contributed by atoms with E-state index in [9.17, 15) is 9.59 Å². The number of carboxylic acids is 1. The van der Waals surface area contributed by atoms with Crippen LogP contribution < -0.4 is 10.1 Å². The number of carbonyl (C=O) groups excluding carboxylic acids is 1. The minimum atomic E-state index is -1.04. The molecule has 0 saturated heterocycles. The van der Waals surface area contributed by atoms with Gasteiger partial charge in [-0.3, -0.25) is 4.79 Å². The molecule has 2 N–H and O–H groups in total. The number of ether oxygens (including phenoxy) is 2. The number of amides is 1. The van der Waals surface area contributed by atoms with E-state index in [0.29, 0.717) is 24.5 Å². The van der Waals surface area contributed by atoms with Crippen LogP contribution in [0.15, 0.2) is 24.3 Å². The maximum Gasteiger partial charge on any atom is 0.341 e. The van der Waals surface area contributed by atoms with Crippen molar-refractivity contribution in [1.29, 1.82) is 0 Å². The highest BCUT2D eigenvalue weighted by atomic mass is 16.5. The zero-order valence-electron chi connectivity index (χ0n) is 13.9. The highest BCUT2D eigenvalue weighted by Gasteiger charge is 2.33. The third kappa shape index (κ3) is 6.28. The summed E-state index contributed by atoms with van der Waals surface area (Å²) in [6.45, 7) is 5.80. The lowest BCUT2D eigenvalue weighted by atomic mass is 9.97. The maximum atomic E-state index is 12.5. The molecule has 6 nitrogen and oxygen atoms in total. The van der Waals surface area contributed by atoms with E-state index in [2.05, 4.69) is 12.2 Å². The second-order valence-electron chi connectivity index (χ2n) is 5.43. The van der Waals surface area contributed by atoms with Crippen LogP contribution in [0.25, 0.3) is 0 Å². The summed E-state index contributed by atoms with van der Waals surface area (Å²) >= 11 is 0. The van der Waals surface area contributed by atoms with Gasteiger partial charge in [-0.1, -0.05) is 19.8 Å². The van der Waals surface area contributed by atoms with Crippen molar-refractivity contribution in [2.24, 2.45) is 0 Å². The van der Waals surface area contributed by atoms with E-state index in [1.165, 1.54) is 0 Å². The molecule has 0 saturated carbocycles. The number of anilines is 1. The van der Waals surface area contributed by atoms with Crippen LogP contribution in [-0.2, 0) is 14.3 Å². The summed E-state index contributed by atoms with van der Waals surface area (Å²) in [5.41, 5.74) is -0.247. The second kappa shape index (κ2) is 9.15. The average Bonchev–Trinajstić information content (AvgIpc) is 2.52. The van der Waals surface area contributed by atoms with Gasteiger partial charge >= 0.3 is 5.97 Å².